The van der Waals surface area contributed by atoms with E-state index >= 15 is 0 Å². The summed E-state index contributed by atoms with van der Waals surface area (Å²) >= 11 is 0. The van der Waals surface area contributed by atoms with Crippen molar-refractivity contribution in [2.45, 2.75) is 32.9 Å². The van der Waals surface area contributed by atoms with Gasteiger partial charge in [-0.05, 0) is 38.0 Å². The van der Waals surface area contributed by atoms with Crippen LogP contribution in [0.4, 0.5) is 10.2 Å². The maximum Gasteiger partial charge on any atom is 0.280 e. The molecule has 3 aromatic rings. The van der Waals surface area contributed by atoms with Crippen LogP contribution in [0.5, 0.6) is 5.75 Å². The van der Waals surface area contributed by atoms with Gasteiger partial charge in [0.1, 0.15) is 16.7 Å². The number of amides is 2. The van der Waals surface area contributed by atoms with Gasteiger partial charge in [-0.1, -0.05) is 6.07 Å². The lowest BCUT2D eigenvalue weighted by Gasteiger charge is -2.33. The van der Waals surface area contributed by atoms with Crippen molar-refractivity contribution in [3.8, 4) is 5.75 Å². The molecule has 0 saturated heterocycles. The van der Waals surface area contributed by atoms with Gasteiger partial charge in [0, 0.05) is 38.3 Å². The van der Waals surface area contributed by atoms with Gasteiger partial charge in [-0.2, -0.15) is 0 Å². The van der Waals surface area contributed by atoms with Crippen molar-refractivity contribution in [3.63, 3.8) is 0 Å². The molecule has 1 atom stereocenters. The molecule has 39 heavy (non-hydrogen) atoms. The van der Waals surface area contributed by atoms with Crippen molar-refractivity contribution in [2.75, 3.05) is 43.8 Å². The number of carbonyl (C=O) groups is 2. The first-order valence-electron chi connectivity index (χ1n) is 12.6. The minimum atomic E-state index is -3.97. The molecule has 208 valence electrons. The number of anilines is 1. The fourth-order valence-electron chi connectivity index (χ4n) is 5.27. The van der Waals surface area contributed by atoms with Crippen molar-refractivity contribution in [1.82, 2.24) is 24.6 Å². The maximum absolute atomic E-state index is 14.1. The number of methoxy groups -OCH3 is 1. The molecule has 5 rings (SSSR count). The largest absolute Gasteiger partial charge is 0.493 e. The molecule has 2 aliphatic rings. The first-order chi connectivity index (χ1) is 18.5. The zero-order valence-electron chi connectivity index (χ0n) is 22.0. The van der Waals surface area contributed by atoms with Crippen LogP contribution in [0.25, 0.3) is 10.9 Å². The van der Waals surface area contributed by atoms with Gasteiger partial charge < -0.3 is 19.5 Å². The Balaban J connectivity index is 1.89. The van der Waals surface area contributed by atoms with Crippen LogP contribution in [0.2, 0.25) is 0 Å². The summed E-state index contributed by atoms with van der Waals surface area (Å²) < 4.78 is 50.2. The van der Waals surface area contributed by atoms with E-state index in [-0.39, 0.29) is 70.9 Å². The Hall–Kier alpha value is -3.94. The fraction of sp³-hybridized carbons (Fsp3) is 0.440. The lowest BCUT2D eigenvalue weighted by molar-refractivity contribution is 0.0685. The molecule has 1 unspecified atom stereocenters. The Morgan fingerprint density at radius 1 is 1.23 bits per heavy atom. The van der Waals surface area contributed by atoms with Crippen LogP contribution in [0.3, 0.4) is 0 Å². The van der Waals surface area contributed by atoms with E-state index in [1.165, 1.54) is 26.3 Å². The molecule has 0 radical (unpaired) electrons. The van der Waals surface area contributed by atoms with Crippen LogP contribution in [0.1, 0.15) is 52.7 Å². The predicted molar refractivity (Wildman–Crippen MR) is 141 cm³/mol. The molecule has 0 spiro atoms. The predicted octanol–water partition coefficient (Wildman–Crippen LogP) is 1.33. The number of halogens is 1. The van der Waals surface area contributed by atoms with Gasteiger partial charge in [0.2, 0.25) is 10.0 Å². The highest BCUT2D eigenvalue weighted by molar-refractivity contribution is 7.92. The molecule has 1 N–H and O–H groups in total. The number of aromatic nitrogens is 3. The van der Waals surface area contributed by atoms with E-state index in [1.807, 2.05) is 13.8 Å². The summed E-state index contributed by atoms with van der Waals surface area (Å²) in [6.07, 6.45) is 0.0851. The van der Waals surface area contributed by atoms with Gasteiger partial charge >= 0.3 is 0 Å². The van der Waals surface area contributed by atoms with E-state index in [0.717, 1.165) is 15.1 Å². The molecule has 0 saturated carbocycles. The Kier molecular flexibility index (Phi) is 6.61. The van der Waals surface area contributed by atoms with Crippen molar-refractivity contribution >= 4 is 38.6 Å². The topological polar surface area (TPSA) is 136 Å². The van der Waals surface area contributed by atoms with E-state index in [4.69, 9.17) is 4.74 Å². The van der Waals surface area contributed by atoms with Gasteiger partial charge in [-0.3, -0.25) is 18.7 Å². The van der Waals surface area contributed by atoms with Crippen molar-refractivity contribution in [1.29, 1.82) is 0 Å². The highest BCUT2D eigenvalue weighted by atomic mass is 32.2. The maximum atomic E-state index is 14.1. The van der Waals surface area contributed by atoms with Gasteiger partial charge in [-0.15, -0.1) is 5.10 Å². The quantitative estimate of drug-likeness (QED) is 0.500. The van der Waals surface area contributed by atoms with Gasteiger partial charge in [0.15, 0.2) is 17.3 Å². The summed E-state index contributed by atoms with van der Waals surface area (Å²) in [6, 6.07) is 3.30. The van der Waals surface area contributed by atoms with Crippen LogP contribution >= 0.6 is 0 Å². The SMILES string of the molecule is CCN1CC(C)n2c(c(OC)c3c(=O)n4nc(c32)N(C)S(=O)(=O)CCCNC(=O)c2cc(F)ccc2C4)C1=O. The van der Waals surface area contributed by atoms with E-state index < -0.39 is 27.3 Å². The third-order valence-corrected chi connectivity index (χ3v) is 9.07. The molecule has 2 amide bonds. The van der Waals surface area contributed by atoms with Crippen molar-refractivity contribution in [3.05, 3.63) is 51.2 Å². The lowest BCUT2D eigenvalue weighted by atomic mass is 10.1. The summed E-state index contributed by atoms with van der Waals surface area (Å²) in [5, 5.41) is 7.09. The summed E-state index contributed by atoms with van der Waals surface area (Å²) in [6.45, 7) is 4.28. The van der Waals surface area contributed by atoms with Crippen LogP contribution in [-0.2, 0) is 16.6 Å². The number of carbonyl (C=O) groups excluding carboxylic acids is 2. The molecule has 0 aliphatic carbocycles. The molecule has 2 bridgehead atoms. The summed E-state index contributed by atoms with van der Waals surface area (Å²) in [7, 11) is -1.29. The fourth-order valence-corrected chi connectivity index (χ4v) is 6.44. The molecular weight excluding hydrogens is 531 g/mol. The smallest absolute Gasteiger partial charge is 0.280 e. The number of benzene rings is 1. The van der Waals surface area contributed by atoms with E-state index in [1.54, 1.807) is 9.47 Å². The minimum Gasteiger partial charge on any atom is -0.493 e. The average molecular weight is 561 g/mol. The third kappa shape index (κ3) is 4.22. The zero-order chi connectivity index (χ0) is 28.2. The highest BCUT2D eigenvalue weighted by Gasteiger charge is 2.39. The third-order valence-electron chi connectivity index (χ3n) is 7.25. The van der Waals surface area contributed by atoms with E-state index in [9.17, 15) is 27.2 Å². The average Bonchev–Trinajstić information content (AvgIpc) is 3.26. The van der Waals surface area contributed by atoms with Crippen LogP contribution in [-0.4, -0.2) is 79.0 Å². The second kappa shape index (κ2) is 9.67. The number of hydrogen-bond acceptors (Lipinski definition) is 7. The van der Waals surface area contributed by atoms with Crippen LogP contribution in [0, 0.1) is 5.82 Å². The number of rotatable bonds is 2. The Morgan fingerprint density at radius 3 is 2.67 bits per heavy atom. The van der Waals surface area contributed by atoms with Crippen LogP contribution < -0.4 is 19.9 Å². The molecule has 1 aromatic carbocycles. The molecule has 4 heterocycles. The normalized spacial score (nSPS) is 19.5. The number of likely N-dealkylation sites (N-methyl/N-ethyl adjacent to an activating group) is 1. The molecule has 2 aliphatic heterocycles. The molecule has 0 fully saturated rings. The number of fused-ring (bicyclic) bond motifs is 7. The zero-order valence-corrected chi connectivity index (χ0v) is 22.8. The first kappa shape index (κ1) is 26.7. The minimum absolute atomic E-state index is 0.000637. The molecule has 14 heteroatoms. The number of hydrogen-bond donors (Lipinski definition) is 1. The van der Waals surface area contributed by atoms with Crippen molar-refractivity contribution < 1.29 is 27.1 Å². The Morgan fingerprint density at radius 2 is 1.97 bits per heavy atom. The van der Waals surface area contributed by atoms with Gasteiger partial charge in [0.05, 0.1) is 19.4 Å². The van der Waals surface area contributed by atoms with Gasteiger partial charge in [0.25, 0.3) is 17.4 Å². The van der Waals surface area contributed by atoms with E-state index in [2.05, 4.69) is 10.4 Å². The second-order valence-corrected chi connectivity index (χ2v) is 11.8. The standard InChI is InChI=1S/C25H29FN6O6S/c1-5-30-12-14(2)32-19-18(21(38-4)20(32)25(30)35)24(34)31-13-15-7-8-16(26)11-17(15)23(33)27-9-6-10-39(36,37)29(3)22(19)28-31/h7-8,11,14H,5-6,9-10,12-13H2,1-4H3,(H,27,33). The van der Waals surface area contributed by atoms with Crippen molar-refractivity contribution in [2.24, 2.45) is 0 Å². The number of nitrogens with zero attached hydrogens (tertiary/aromatic N) is 5. The first-order valence-corrected chi connectivity index (χ1v) is 14.2. The summed E-state index contributed by atoms with van der Waals surface area (Å²) in [5.41, 5.74) is -0.0183. The van der Waals surface area contributed by atoms with E-state index in [0.29, 0.717) is 18.7 Å². The van der Waals surface area contributed by atoms with Gasteiger partial charge in [-0.25, -0.2) is 17.5 Å². The number of nitrogens with one attached hydrogen (secondary N) is 1. The number of sulfonamides is 1. The lowest BCUT2D eigenvalue weighted by Crippen LogP contribution is -2.42. The second-order valence-electron chi connectivity index (χ2n) is 9.65. The summed E-state index contributed by atoms with van der Waals surface area (Å²) in [4.78, 5) is 41.9. The molecule has 12 nitrogen and oxygen atoms in total. The number of ether oxygens (including phenoxy) is 1. The highest BCUT2D eigenvalue weighted by Crippen LogP contribution is 2.41. The summed E-state index contributed by atoms with van der Waals surface area (Å²) in [5.74, 6) is -1.94. The monoisotopic (exact) mass is 560 g/mol. The Labute approximate surface area is 224 Å². The molecule has 2 aromatic heterocycles. The Bertz CT molecular complexity index is 1680. The van der Waals surface area contributed by atoms with Crippen LogP contribution in [0.15, 0.2) is 23.0 Å². The molecular formula is C25H29FN6O6S.